The molecule has 5 rings (SSSR count). The van der Waals surface area contributed by atoms with Gasteiger partial charge in [0.05, 0.1) is 17.7 Å². The monoisotopic (exact) mass is 494 g/mol. The van der Waals surface area contributed by atoms with E-state index in [1.807, 2.05) is 18.3 Å². The first-order valence-corrected chi connectivity index (χ1v) is 14.4. The minimum atomic E-state index is -0.858. The average Bonchev–Trinajstić information content (AvgIpc) is 3.28. The van der Waals surface area contributed by atoms with Crippen molar-refractivity contribution in [1.82, 2.24) is 14.7 Å². The molecule has 1 atom stereocenters. The van der Waals surface area contributed by atoms with Crippen LogP contribution in [0, 0.1) is 5.92 Å². The van der Waals surface area contributed by atoms with Gasteiger partial charge in [0.2, 0.25) is 0 Å². The van der Waals surface area contributed by atoms with Crippen molar-refractivity contribution in [2.45, 2.75) is 121 Å². The van der Waals surface area contributed by atoms with Crippen LogP contribution in [0.15, 0.2) is 18.3 Å². The Balaban J connectivity index is 1.46. The molecule has 36 heavy (non-hydrogen) atoms. The number of pyridine rings is 1. The summed E-state index contributed by atoms with van der Waals surface area (Å²) in [7, 11) is 0. The van der Waals surface area contributed by atoms with Gasteiger partial charge in [0.15, 0.2) is 5.65 Å². The molecule has 0 spiro atoms. The number of carbonyl (C=O) groups is 2. The van der Waals surface area contributed by atoms with Crippen LogP contribution in [-0.2, 0) is 4.79 Å². The third kappa shape index (κ3) is 5.70. The largest absolute Gasteiger partial charge is 0.481 e. The fourth-order valence-corrected chi connectivity index (χ4v) is 6.81. The van der Waals surface area contributed by atoms with Gasteiger partial charge in [0.25, 0.3) is 5.91 Å². The average molecular weight is 495 g/mol. The van der Waals surface area contributed by atoms with Crippen molar-refractivity contribution < 1.29 is 14.7 Å². The first-order valence-electron chi connectivity index (χ1n) is 14.4. The van der Waals surface area contributed by atoms with Crippen molar-refractivity contribution in [1.29, 1.82) is 0 Å². The van der Waals surface area contributed by atoms with Gasteiger partial charge < -0.3 is 15.7 Å². The Kier molecular flexibility index (Phi) is 8.12. The SMILES string of the molecule is O=C(O)CC(NC(=O)c1cccn2c(NC3CCCCC3)c(C3CCCCC3)nc12)C1CCCCC1. The molecule has 3 fully saturated rings. The number of rotatable bonds is 8. The van der Waals surface area contributed by atoms with Crippen molar-refractivity contribution in [3.8, 4) is 0 Å². The zero-order valence-electron chi connectivity index (χ0n) is 21.5. The molecular formula is C29H42N4O3. The summed E-state index contributed by atoms with van der Waals surface area (Å²) in [4.78, 5) is 30.3. The number of nitrogens with one attached hydrogen (secondary N) is 2. The molecule has 0 saturated heterocycles. The molecule has 1 unspecified atom stereocenters. The molecule has 1 amide bonds. The molecule has 3 N–H and O–H groups in total. The number of amides is 1. The van der Waals surface area contributed by atoms with Crippen molar-refractivity contribution >= 4 is 23.3 Å². The highest BCUT2D eigenvalue weighted by Gasteiger charge is 2.30. The van der Waals surface area contributed by atoms with Crippen LogP contribution in [0.4, 0.5) is 5.82 Å². The van der Waals surface area contributed by atoms with Crippen LogP contribution in [0.2, 0.25) is 0 Å². The molecule has 2 heterocycles. The van der Waals surface area contributed by atoms with E-state index in [-0.39, 0.29) is 24.3 Å². The molecule has 0 bridgehead atoms. The molecule has 0 radical (unpaired) electrons. The van der Waals surface area contributed by atoms with Crippen molar-refractivity contribution in [2.24, 2.45) is 5.92 Å². The summed E-state index contributed by atoms with van der Waals surface area (Å²) in [6, 6.07) is 3.87. The number of carboxylic acid groups (broad SMARTS) is 1. The highest BCUT2D eigenvalue weighted by atomic mass is 16.4. The number of fused-ring (bicyclic) bond motifs is 1. The van der Waals surface area contributed by atoms with Crippen molar-refractivity contribution in [2.75, 3.05) is 5.32 Å². The number of nitrogens with zero attached hydrogens (tertiary/aromatic N) is 2. The van der Waals surface area contributed by atoms with Gasteiger partial charge in [0.1, 0.15) is 5.82 Å². The van der Waals surface area contributed by atoms with E-state index in [1.54, 1.807) is 0 Å². The van der Waals surface area contributed by atoms with Crippen molar-refractivity contribution in [3.63, 3.8) is 0 Å². The Morgan fingerprint density at radius 3 is 2.25 bits per heavy atom. The minimum absolute atomic E-state index is 0.0320. The van der Waals surface area contributed by atoms with Crippen LogP contribution in [0.3, 0.4) is 0 Å². The standard InChI is InChI=1S/C29H42N4O3/c34-25(35)19-24(20-11-4-1-5-12-20)31-29(36)23-17-10-18-33-27(23)32-26(21-13-6-2-7-14-21)28(33)30-22-15-8-3-9-16-22/h10,17-18,20-22,24,30H,1-9,11-16,19H2,(H,31,36)(H,34,35). The Labute approximate surface area is 214 Å². The first-order chi connectivity index (χ1) is 17.6. The summed E-state index contributed by atoms with van der Waals surface area (Å²) in [6.45, 7) is 0. The van der Waals surface area contributed by atoms with Crippen LogP contribution in [0.1, 0.15) is 125 Å². The van der Waals surface area contributed by atoms with E-state index < -0.39 is 5.97 Å². The number of hydrogen-bond acceptors (Lipinski definition) is 4. The Morgan fingerprint density at radius 2 is 1.58 bits per heavy atom. The first kappa shape index (κ1) is 25.1. The Morgan fingerprint density at radius 1 is 0.944 bits per heavy atom. The number of hydrogen-bond donors (Lipinski definition) is 3. The Bertz CT molecular complexity index is 1050. The van der Waals surface area contributed by atoms with Gasteiger partial charge >= 0.3 is 5.97 Å². The van der Waals surface area contributed by atoms with Gasteiger partial charge in [-0.15, -0.1) is 0 Å². The third-order valence-corrected chi connectivity index (χ3v) is 8.79. The molecule has 3 aliphatic rings. The molecule has 7 nitrogen and oxygen atoms in total. The van der Waals surface area contributed by atoms with Crippen LogP contribution in [0.5, 0.6) is 0 Å². The zero-order valence-corrected chi connectivity index (χ0v) is 21.5. The quantitative estimate of drug-likeness (QED) is 0.401. The van der Waals surface area contributed by atoms with Gasteiger partial charge in [0, 0.05) is 24.2 Å². The number of carbonyl (C=O) groups excluding carboxylic acids is 1. The second-order valence-electron chi connectivity index (χ2n) is 11.4. The third-order valence-electron chi connectivity index (χ3n) is 8.79. The maximum atomic E-state index is 13.6. The second kappa shape index (κ2) is 11.7. The zero-order chi connectivity index (χ0) is 24.9. The van der Waals surface area contributed by atoms with E-state index in [0.29, 0.717) is 23.2 Å². The highest BCUT2D eigenvalue weighted by molar-refractivity contribution is 6.00. The molecule has 2 aromatic heterocycles. The lowest BCUT2D eigenvalue weighted by Crippen LogP contribution is -2.42. The number of anilines is 1. The fraction of sp³-hybridized carbons (Fsp3) is 0.690. The molecule has 2 aromatic rings. The van der Waals surface area contributed by atoms with Crippen LogP contribution >= 0.6 is 0 Å². The fourth-order valence-electron chi connectivity index (χ4n) is 6.81. The minimum Gasteiger partial charge on any atom is -0.481 e. The number of aliphatic carboxylic acids is 1. The molecular weight excluding hydrogens is 452 g/mol. The van der Waals surface area contributed by atoms with Crippen LogP contribution < -0.4 is 10.6 Å². The number of aromatic nitrogens is 2. The summed E-state index contributed by atoms with van der Waals surface area (Å²) >= 11 is 0. The van der Waals surface area contributed by atoms with E-state index in [0.717, 1.165) is 50.0 Å². The molecule has 196 valence electrons. The van der Waals surface area contributed by atoms with E-state index in [1.165, 1.54) is 57.8 Å². The van der Waals surface area contributed by atoms with E-state index in [2.05, 4.69) is 15.0 Å². The summed E-state index contributed by atoms with van der Waals surface area (Å²) in [5.74, 6) is 0.639. The summed E-state index contributed by atoms with van der Waals surface area (Å²) < 4.78 is 2.08. The van der Waals surface area contributed by atoms with Gasteiger partial charge in [-0.1, -0.05) is 57.8 Å². The maximum Gasteiger partial charge on any atom is 0.305 e. The second-order valence-corrected chi connectivity index (χ2v) is 11.4. The summed E-state index contributed by atoms with van der Waals surface area (Å²) in [6.07, 6.45) is 19.6. The number of imidazole rings is 1. The lowest BCUT2D eigenvalue weighted by atomic mass is 9.82. The molecule has 3 aliphatic carbocycles. The topological polar surface area (TPSA) is 95.7 Å². The predicted molar refractivity (Wildman–Crippen MR) is 142 cm³/mol. The molecule has 7 heteroatoms. The lowest BCUT2D eigenvalue weighted by Gasteiger charge is -2.30. The smallest absolute Gasteiger partial charge is 0.305 e. The number of carboxylic acids is 1. The van der Waals surface area contributed by atoms with Crippen LogP contribution in [0.25, 0.3) is 5.65 Å². The van der Waals surface area contributed by atoms with E-state index in [9.17, 15) is 14.7 Å². The highest BCUT2D eigenvalue weighted by Crippen LogP contribution is 2.38. The van der Waals surface area contributed by atoms with E-state index >= 15 is 0 Å². The van der Waals surface area contributed by atoms with Gasteiger partial charge in [-0.2, -0.15) is 0 Å². The summed E-state index contributed by atoms with van der Waals surface area (Å²) in [5, 5.41) is 16.5. The Hall–Kier alpha value is -2.57. The van der Waals surface area contributed by atoms with Gasteiger partial charge in [-0.05, 0) is 56.6 Å². The summed E-state index contributed by atoms with van der Waals surface area (Å²) in [5.41, 5.74) is 2.33. The van der Waals surface area contributed by atoms with Crippen LogP contribution in [-0.4, -0.2) is 38.5 Å². The van der Waals surface area contributed by atoms with Crippen molar-refractivity contribution in [3.05, 3.63) is 29.6 Å². The predicted octanol–water partition coefficient (Wildman–Crippen LogP) is 6.28. The normalized spacial score (nSPS) is 21.3. The van der Waals surface area contributed by atoms with Gasteiger partial charge in [-0.3, -0.25) is 14.0 Å². The van der Waals surface area contributed by atoms with E-state index in [4.69, 9.17) is 4.98 Å². The lowest BCUT2D eigenvalue weighted by molar-refractivity contribution is -0.137. The molecule has 0 aromatic carbocycles. The van der Waals surface area contributed by atoms with Gasteiger partial charge in [-0.25, -0.2) is 4.98 Å². The molecule has 3 saturated carbocycles. The maximum absolute atomic E-state index is 13.6. The molecule has 0 aliphatic heterocycles.